The zero-order valence-corrected chi connectivity index (χ0v) is 10.3. The lowest BCUT2D eigenvalue weighted by atomic mass is 10.1. The standard InChI is InChI=1S/C14H11N3O2/c1-19-14-10(12-7-13(18)16-8-15-12)6-9-4-2-3-5-11(9)17-14/h2-8H,1H3,(H,15,16,18). The van der Waals surface area contributed by atoms with Gasteiger partial charge in [-0.3, -0.25) is 4.79 Å². The molecule has 0 fully saturated rings. The lowest BCUT2D eigenvalue weighted by Crippen LogP contribution is -2.05. The maximum atomic E-state index is 11.4. The van der Waals surface area contributed by atoms with E-state index in [0.717, 1.165) is 10.9 Å². The summed E-state index contributed by atoms with van der Waals surface area (Å²) < 4.78 is 5.28. The van der Waals surface area contributed by atoms with Crippen molar-refractivity contribution >= 4 is 10.9 Å². The van der Waals surface area contributed by atoms with Crippen LogP contribution in [-0.2, 0) is 0 Å². The third-order valence-corrected chi connectivity index (χ3v) is 2.84. The molecule has 0 atom stereocenters. The maximum absolute atomic E-state index is 11.4. The van der Waals surface area contributed by atoms with E-state index in [1.54, 1.807) is 7.11 Å². The zero-order chi connectivity index (χ0) is 13.2. The third kappa shape index (κ3) is 2.06. The monoisotopic (exact) mass is 253 g/mol. The van der Waals surface area contributed by atoms with Crippen molar-refractivity contribution in [2.45, 2.75) is 0 Å². The Balaban J connectivity index is 2.30. The molecule has 0 bridgehead atoms. The van der Waals surface area contributed by atoms with Gasteiger partial charge in [0.2, 0.25) is 5.88 Å². The number of hydrogen-bond acceptors (Lipinski definition) is 4. The number of pyridine rings is 1. The number of aromatic amines is 1. The highest BCUT2D eigenvalue weighted by atomic mass is 16.5. The number of fused-ring (bicyclic) bond motifs is 1. The summed E-state index contributed by atoms with van der Waals surface area (Å²) in [5.74, 6) is 0.455. The molecule has 3 aromatic rings. The van der Waals surface area contributed by atoms with Gasteiger partial charge in [-0.05, 0) is 12.1 Å². The Hall–Kier alpha value is -2.69. The van der Waals surface area contributed by atoms with E-state index >= 15 is 0 Å². The van der Waals surface area contributed by atoms with Crippen LogP contribution < -0.4 is 10.3 Å². The van der Waals surface area contributed by atoms with Crippen molar-refractivity contribution in [3.05, 3.63) is 53.1 Å². The van der Waals surface area contributed by atoms with Gasteiger partial charge < -0.3 is 9.72 Å². The fourth-order valence-electron chi connectivity index (χ4n) is 1.95. The second-order valence-electron chi connectivity index (χ2n) is 4.03. The molecule has 0 aliphatic heterocycles. The summed E-state index contributed by atoms with van der Waals surface area (Å²) in [7, 11) is 1.55. The highest BCUT2D eigenvalue weighted by Crippen LogP contribution is 2.29. The van der Waals surface area contributed by atoms with Gasteiger partial charge in [0.05, 0.1) is 30.2 Å². The van der Waals surface area contributed by atoms with E-state index in [4.69, 9.17) is 4.74 Å². The predicted octanol–water partition coefficient (Wildman–Crippen LogP) is 1.99. The molecule has 1 N–H and O–H groups in total. The van der Waals surface area contributed by atoms with Gasteiger partial charge in [0.1, 0.15) is 0 Å². The van der Waals surface area contributed by atoms with Crippen LogP contribution in [0.15, 0.2) is 47.5 Å². The molecular weight excluding hydrogens is 242 g/mol. The normalized spacial score (nSPS) is 10.6. The predicted molar refractivity (Wildman–Crippen MR) is 72.1 cm³/mol. The Morgan fingerprint density at radius 2 is 2.05 bits per heavy atom. The third-order valence-electron chi connectivity index (χ3n) is 2.84. The SMILES string of the molecule is COc1nc2ccccc2cc1-c1cc(=O)[nH]cn1. The van der Waals surface area contributed by atoms with Gasteiger partial charge in [0.25, 0.3) is 5.56 Å². The largest absolute Gasteiger partial charge is 0.480 e. The van der Waals surface area contributed by atoms with Gasteiger partial charge in [0.15, 0.2) is 0 Å². The van der Waals surface area contributed by atoms with Gasteiger partial charge in [0, 0.05) is 11.5 Å². The molecule has 0 saturated carbocycles. The lowest BCUT2D eigenvalue weighted by Gasteiger charge is -2.08. The summed E-state index contributed by atoms with van der Waals surface area (Å²) in [5.41, 5.74) is 1.87. The van der Waals surface area contributed by atoms with E-state index in [1.807, 2.05) is 30.3 Å². The lowest BCUT2D eigenvalue weighted by molar-refractivity contribution is 0.401. The van der Waals surface area contributed by atoms with Crippen LogP contribution in [0, 0.1) is 0 Å². The Labute approximate surface area is 108 Å². The molecule has 0 unspecified atom stereocenters. The van der Waals surface area contributed by atoms with Crippen LogP contribution in [0.2, 0.25) is 0 Å². The first-order valence-corrected chi connectivity index (χ1v) is 5.77. The highest BCUT2D eigenvalue weighted by Gasteiger charge is 2.11. The van der Waals surface area contributed by atoms with Crippen LogP contribution in [-0.4, -0.2) is 22.1 Å². The van der Waals surface area contributed by atoms with Crippen molar-refractivity contribution in [2.24, 2.45) is 0 Å². The molecule has 0 spiro atoms. The molecule has 0 amide bonds. The van der Waals surface area contributed by atoms with Crippen molar-refractivity contribution in [1.29, 1.82) is 0 Å². The number of nitrogens with zero attached hydrogens (tertiary/aromatic N) is 2. The number of nitrogens with one attached hydrogen (secondary N) is 1. The molecule has 94 valence electrons. The molecule has 0 aliphatic carbocycles. The second-order valence-corrected chi connectivity index (χ2v) is 4.03. The van der Waals surface area contributed by atoms with E-state index in [1.165, 1.54) is 12.4 Å². The Bertz CT molecular complexity index is 796. The van der Waals surface area contributed by atoms with E-state index in [2.05, 4.69) is 15.0 Å². The summed E-state index contributed by atoms with van der Waals surface area (Å²) in [6.45, 7) is 0. The Morgan fingerprint density at radius 3 is 2.84 bits per heavy atom. The van der Waals surface area contributed by atoms with Crippen molar-refractivity contribution in [1.82, 2.24) is 15.0 Å². The van der Waals surface area contributed by atoms with Crippen molar-refractivity contribution in [3.63, 3.8) is 0 Å². The van der Waals surface area contributed by atoms with E-state index in [9.17, 15) is 4.79 Å². The Kier molecular flexibility index (Phi) is 2.72. The van der Waals surface area contributed by atoms with Gasteiger partial charge >= 0.3 is 0 Å². The summed E-state index contributed by atoms with van der Waals surface area (Å²) in [6, 6.07) is 11.1. The number of para-hydroxylation sites is 1. The molecular formula is C14H11N3O2. The summed E-state index contributed by atoms with van der Waals surface area (Å²) >= 11 is 0. The van der Waals surface area contributed by atoms with Crippen molar-refractivity contribution < 1.29 is 4.74 Å². The molecule has 5 nitrogen and oxygen atoms in total. The molecule has 0 radical (unpaired) electrons. The number of H-pyrrole nitrogens is 1. The van der Waals surface area contributed by atoms with Gasteiger partial charge in [-0.1, -0.05) is 18.2 Å². The molecule has 0 aliphatic rings. The number of methoxy groups -OCH3 is 1. The van der Waals surface area contributed by atoms with Gasteiger partial charge in [-0.15, -0.1) is 0 Å². The quantitative estimate of drug-likeness (QED) is 0.758. The molecule has 2 aromatic heterocycles. The smallest absolute Gasteiger partial charge is 0.251 e. The Morgan fingerprint density at radius 1 is 1.21 bits per heavy atom. The summed E-state index contributed by atoms with van der Waals surface area (Å²) in [6.07, 6.45) is 1.37. The number of benzene rings is 1. The maximum Gasteiger partial charge on any atom is 0.251 e. The number of ether oxygens (including phenoxy) is 1. The first-order valence-electron chi connectivity index (χ1n) is 5.77. The average molecular weight is 253 g/mol. The first-order chi connectivity index (χ1) is 9.28. The highest BCUT2D eigenvalue weighted by molar-refractivity contribution is 5.85. The minimum absolute atomic E-state index is 0.208. The first kappa shape index (κ1) is 11.4. The average Bonchev–Trinajstić information content (AvgIpc) is 2.46. The van der Waals surface area contributed by atoms with Crippen LogP contribution in [0.5, 0.6) is 5.88 Å². The fourth-order valence-corrected chi connectivity index (χ4v) is 1.95. The topological polar surface area (TPSA) is 67.9 Å². The van der Waals surface area contributed by atoms with Crippen LogP contribution in [0.3, 0.4) is 0 Å². The summed E-state index contributed by atoms with van der Waals surface area (Å²) in [5, 5.41) is 0.973. The van der Waals surface area contributed by atoms with Gasteiger partial charge in [-0.2, -0.15) is 0 Å². The molecule has 0 saturated heterocycles. The fraction of sp³-hybridized carbons (Fsp3) is 0.0714. The van der Waals surface area contributed by atoms with Crippen LogP contribution in [0.4, 0.5) is 0 Å². The number of aromatic nitrogens is 3. The van der Waals surface area contributed by atoms with E-state index in [-0.39, 0.29) is 5.56 Å². The van der Waals surface area contributed by atoms with Gasteiger partial charge in [-0.25, -0.2) is 9.97 Å². The second kappa shape index (κ2) is 4.53. The van der Waals surface area contributed by atoms with Crippen LogP contribution >= 0.6 is 0 Å². The van der Waals surface area contributed by atoms with Crippen molar-refractivity contribution in [2.75, 3.05) is 7.11 Å². The van der Waals surface area contributed by atoms with Crippen LogP contribution in [0.1, 0.15) is 0 Å². The molecule has 1 aromatic carbocycles. The zero-order valence-electron chi connectivity index (χ0n) is 10.3. The minimum atomic E-state index is -0.208. The molecule has 2 heterocycles. The van der Waals surface area contributed by atoms with Crippen molar-refractivity contribution in [3.8, 4) is 17.1 Å². The van der Waals surface area contributed by atoms with E-state index in [0.29, 0.717) is 17.1 Å². The minimum Gasteiger partial charge on any atom is -0.480 e. The number of hydrogen-bond donors (Lipinski definition) is 1. The molecule has 19 heavy (non-hydrogen) atoms. The molecule has 5 heteroatoms. The number of rotatable bonds is 2. The molecule has 3 rings (SSSR count). The van der Waals surface area contributed by atoms with E-state index < -0.39 is 0 Å². The summed E-state index contributed by atoms with van der Waals surface area (Å²) in [4.78, 5) is 22.4. The van der Waals surface area contributed by atoms with Crippen LogP contribution in [0.25, 0.3) is 22.2 Å².